The molecule has 0 aliphatic carbocycles. The van der Waals surface area contributed by atoms with Crippen molar-refractivity contribution in [3.05, 3.63) is 349 Å². The van der Waals surface area contributed by atoms with Gasteiger partial charge in [-0.1, -0.05) is 316 Å². The molecule has 0 atom stereocenters. The van der Waals surface area contributed by atoms with Gasteiger partial charge in [-0.2, -0.15) is 0 Å². The van der Waals surface area contributed by atoms with E-state index >= 15 is 0 Å². The van der Waals surface area contributed by atoms with Crippen LogP contribution in [0.15, 0.2) is 321 Å². The van der Waals surface area contributed by atoms with Crippen LogP contribution in [0.2, 0.25) is 0 Å². The van der Waals surface area contributed by atoms with E-state index in [0.29, 0.717) is 5.69 Å². The summed E-state index contributed by atoms with van der Waals surface area (Å²) in [5.41, 5.74) is 27.9. The van der Waals surface area contributed by atoms with Crippen molar-refractivity contribution in [2.75, 3.05) is 9.80 Å². The molecule has 6 heteroatoms. The normalized spacial score (nSPS) is 14.2. The third kappa shape index (κ3) is 11.8. The Morgan fingerprint density at radius 1 is 0.250 bits per heavy atom. The summed E-state index contributed by atoms with van der Waals surface area (Å²) >= 11 is 0. The van der Waals surface area contributed by atoms with Crippen LogP contribution in [0.25, 0.3) is 127 Å². The van der Waals surface area contributed by atoms with Gasteiger partial charge < -0.3 is 23.5 Å². The van der Waals surface area contributed by atoms with Crippen LogP contribution in [0.5, 0.6) is 0 Å². The number of anilines is 6. The lowest BCUT2D eigenvalue weighted by atomic mass is 9.33. The van der Waals surface area contributed by atoms with Crippen LogP contribution in [0.4, 0.5) is 34.1 Å². The van der Waals surface area contributed by atoms with E-state index in [1.807, 2.05) is 6.07 Å². The second-order valence-corrected chi connectivity index (χ2v) is 37.2. The van der Waals surface area contributed by atoms with Crippen LogP contribution < -0.4 is 26.2 Å². The van der Waals surface area contributed by atoms with Crippen molar-refractivity contribution in [1.82, 2.24) is 13.7 Å². The molecule has 5 nitrogen and oxygen atoms in total. The highest BCUT2D eigenvalue weighted by Gasteiger charge is 2.46. The van der Waals surface area contributed by atoms with E-state index < -0.39 is 43.0 Å². The van der Waals surface area contributed by atoms with E-state index in [1.165, 1.54) is 22.3 Å². The number of rotatable bonds is 9. The van der Waals surface area contributed by atoms with Crippen LogP contribution >= 0.6 is 0 Å². The van der Waals surface area contributed by atoms with Gasteiger partial charge in [0.25, 0.3) is 6.71 Å². The average molecular weight is 1510 g/mol. The van der Waals surface area contributed by atoms with Gasteiger partial charge in [-0.15, -0.1) is 0 Å². The zero-order chi connectivity index (χ0) is 86.8. The van der Waals surface area contributed by atoms with Gasteiger partial charge in [0.05, 0.1) is 61.1 Å². The van der Waals surface area contributed by atoms with Crippen LogP contribution in [0.1, 0.15) is 143 Å². The quantitative estimate of drug-likeness (QED) is 0.134. The maximum Gasteiger partial charge on any atom is 0.252 e. The predicted octanol–water partition coefficient (Wildman–Crippen LogP) is 28.2. The minimum Gasteiger partial charge on any atom is -0.311 e. The Morgan fingerprint density at radius 2 is 0.672 bits per heavy atom. The van der Waals surface area contributed by atoms with E-state index in [0.717, 1.165) is 156 Å². The minimum absolute atomic E-state index is 0.00483. The molecule has 0 amide bonds. The summed E-state index contributed by atoms with van der Waals surface area (Å²) < 4.78 is 83.6. The fourth-order valence-corrected chi connectivity index (χ4v) is 18.4. The van der Waals surface area contributed by atoms with Gasteiger partial charge in [-0.3, -0.25) is 0 Å². The van der Waals surface area contributed by atoms with Crippen molar-refractivity contribution in [3.8, 4) is 61.6 Å². The molecule has 0 fully saturated rings. The first kappa shape index (κ1) is 63.7. The largest absolute Gasteiger partial charge is 0.311 e. The molecule has 2 aliphatic rings. The molecule has 0 unspecified atom stereocenters. The number of aromatic nitrogens is 3. The zero-order valence-corrected chi connectivity index (χ0v) is 68.8. The molecule has 15 aromatic carbocycles. The molecule has 566 valence electrons. The van der Waals surface area contributed by atoms with E-state index in [1.54, 1.807) is 4.57 Å². The van der Waals surface area contributed by atoms with Gasteiger partial charge in [0.15, 0.2) is 0 Å². The Balaban J connectivity index is 1.03. The van der Waals surface area contributed by atoms with Crippen LogP contribution in [-0.2, 0) is 27.1 Å². The van der Waals surface area contributed by atoms with Crippen molar-refractivity contribution < 1.29 is 11.0 Å². The highest BCUT2D eigenvalue weighted by molar-refractivity contribution is 7.00. The van der Waals surface area contributed by atoms with E-state index in [9.17, 15) is 11.0 Å². The lowest BCUT2D eigenvalue weighted by molar-refractivity contribution is 0.569. The SMILES string of the molecule is [2H]c1c([2H])c([2H])c2c(c1[2H])c1c([2H])c([2H])c([2H])c([2H])c1n2-c1ccc2c(c1)N(c1c(-c3ccccc3)cc(C(C)(C)C)cc1-c1ccccc1)c1cc(-n3c4ccc(C(C)(C)C)cc4c4cc(C(C)(C)C)ccc43)cc3c1B2c1ccc(-c2cc(C(C)(C)C)cc(C(C)(C)C)c2)cc1N3c1cc(-c2ccccc2)cc2c1c1ccccc1n2-c1ccccc1. The first-order chi connectivity index (χ1) is 59.0. The van der Waals surface area contributed by atoms with Gasteiger partial charge >= 0.3 is 0 Å². The molecule has 0 N–H and O–H groups in total. The summed E-state index contributed by atoms with van der Waals surface area (Å²) in [7, 11) is 0. The average Bonchev–Trinajstić information content (AvgIpc) is 1.01. The van der Waals surface area contributed by atoms with Gasteiger partial charge in [-0.25, -0.2) is 0 Å². The van der Waals surface area contributed by atoms with Gasteiger partial charge in [0.1, 0.15) is 0 Å². The lowest BCUT2D eigenvalue weighted by Gasteiger charge is -2.46. The molecule has 0 radical (unpaired) electrons. The van der Waals surface area contributed by atoms with Crippen molar-refractivity contribution in [1.29, 1.82) is 0 Å². The number of nitrogens with zero attached hydrogens (tertiary/aromatic N) is 5. The molecule has 0 saturated carbocycles. The standard InChI is InChI=1S/C110H98BN5/c1-106(2,3)75-49-54-95-88(62-75)89-63-76(107(4,5)6)50-55-96(89)114(95)82-67-101-104-102(68-82)116(105-86(70-36-22-17-23-37-70)64-79(110(13,14)15)65-87(105)71-38-24-18-25-39-71)98-66-81(113-92-45-31-28-42-83(92)84-43-29-32-46-93(84)113)51-53-91(98)111(104)90-52-48-72(73-56-77(108(7,8)9)61-78(57-73)109(10,11)12)58-97(90)115(101)100-60-74(69-34-20-16-21-35-69)59-99-103(100)85-44-30-33-47-94(85)112(99)80-40-26-19-27-41-80/h16-68H,1-15H3/i28D,29D,31D,32D,42D,43D,45D,46D. The monoisotopic (exact) mass is 1510 g/mol. The summed E-state index contributed by atoms with van der Waals surface area (Å²) in [6.45, 7) is 33.8. The molecule has 0 saturated heterocycles. The number of para-hydroxylation sites is 4. The molecular weight excluding hydrogens is 1400 g/mol. The molecule has 0 spiro atoms. The molecule has 18 aromatic rings. The number of benzene rings is 15. The summed E-state index contributed by atoms with van der Waals surface area (Å²) in [6.07, 6.45) is 0. The number of fused-ring (bicyclic) bond motifs is 13. The van der Waals surface area contributed by atoms with E-state index in [2.05, 4.69) is 390 Å². The molecular formula is C110H98BN5. The second-order valence-electron chi connectivity index (χ2n) is 37.2. The molecule has 20 rings (SSSR count). The maximum atomic E-state index is 10.0. The number of hydrogen-bond acceptors (Lipinski definition) is 2. The second kappa shape index (κ2) is 26.5. The molecule has 2 aliphatic heterocycles. The molecule has 116 heavy (non-hydrogen) atoms. The predicted molar refractivity (Wildman–Crippen MR) is 499 cm³/mol. The number of hydrogen-bond donors (Lipinski definition) is 0. The van der Waals surface area contributed by atoms with Crippen molar-refractivity contribution in [2.24, 2.45) is 0 Å². The zero-order valence-electron chi connectivity index (χ0n) is 76.8. The van der Waals surface area contributed by atoms with Crippen LogP contribution in [0, 0.1) is 0 Å². The highest BCUT2D eigenvalue weighted by atomic mass is 15.2. The van der Waals surface area contributed by atoms with Crippen LogP contribution in [0.3, 0.4) is 0 Å². The Morgan fingerprint density at radius 3 is 1.22 bits per heavy atom. The summed E-state index contributed by atoms with van der Waals surface area (Å²) in [5.74, 6) is 0. The van der Waals surface area contributed by atoms with Gasteiger partial charge in [0.2, 0.25) is 0 Å². The van der Waals surface area contributed by atoms with E-state index in [4.69, 9.17) is 0 Å². The lowest BCUT2D eigenvalue weighted by Crippen LogP contribution is -2.61. The smallest absolute Gasteiger partial charge is 0.252 e. The van der Waals surface area contributed by atoms with Crippen molar-refractivity contribution in [3.63, 3.8) is 0 Å². The maximum absolute atomic E-state index is 10.0. The van der Waals surface area contributed by atoms with Crippen LogP contribution in [-0.4, -0.2) is 20.4 Å². The fourth-order valence-electron chi connectivity index (χ4n) is 18.4. The Bertz CT molecular complexity index is 7290. The summed E-state index contributed by atoms with van der Waals surface area (Å²) in [5, 5.41) is 4.42. The van der Waals surface area contributed by atoms with Crippen molar-refractivity contribution >= 4 is 123 Å². The van der Waals surface area contributed by atoms with E-state index in [-0.39, 0.29) is 61.0 Å². The van der Waals surface area contributed by atoms with Gasteiger partial charge in [0, 0.05) is 77.6 Å². The first-order valence-electron chi connectivity index (χ1n) is 44.8. The third-order valence-corrected chi connectivity index (χ3v) is 24.6. The molecule has 3 aromatic heterocycles. The summed E-state index contributed by atoms with van der Waals surface area (Å²) in [6, 6.07) is 97.7. The summed E-state index contributed by atoms with van der Waals surface area (Å²) in [4.78, 5) is 5.13. The first-order valence-corrected chi connectivity index (χ1v) is 40.8. The third-order valence-electron chi connectivity index (χ3n) is 24.6. The molecule has 5 heterocycles. The van der Waals surface area contributed by atoms with Crippen molar-refractivity contribution in [2.45, 2.75) is 131 Å². The Hall–Kier alpha value is -12.6. The highest BCUT2D eigenvalue weighted by Crippen LogP contribution is 2.56. The fraction of sp³-hybridized carbons (Fsp3) is 0.182. The Kier molecular flexibility index (Phi) is 14.5. The minimum atomic E-state index is -0.562. The molecule has 0 bridgehead atoms. The topological polar surface area (TPSA) is 21.3 Å². The Labute approximate surface area is 694 Å². The van der Waals surface area contributed by atoms with Gasteiger partial charge in [-0.05, 0) is 214 Å².